The molecule has 3 nitrogen and oxygen atoms in total. The summed E-state index contributed by atoms with van der Waals surface area (Å²) in [6.07, 6.45) is 4.42. The highest BCUT2D eigenvalue weighted by atomic mass is 16.5. The fourth-order valence-corrected chi connectivity index (χ4v) is 2.07. The van der Waals surface area contributed by atoms with Gasteiger partial charge in [-0.25, -0.2) is 0 Å². The number of ether oxygens (including phenoxy) is 1. The summed E-state index contributed by atoms with van der Waals surface area (Å²) >= 11 is 0. The fraction of sp³-hybridized carbons (Fsp3) is 0.917. The zero-order valence-corrected chi connectivity index (χ0v) is 10.2. The minimum absolute atomic E-state index is 0.184. The third kappa shape index (κ3) is 4.20. The average molecular weight is 213 g/mol. The van der Waals surface area contributed by atoms with Crippen molar-refractivity contribution in [3.05, 3.63) is 0 Å². The number of rotatable bonds is 4. The number of hydrogen-bond donors (Lipinski definition) is 0. The molecule has 0 saturated carbocycles. The zero-order valence-electron chi connectivity index (χ0n) is 10.2. The van der Waals surface area contributed by atoms with Crippen molar-refractivity contribution in [2.75, 3.05) is 13.1 Å². The molecule has 1 fully saturated rings. The van der Waals surface area contributed by atoms with Gasteiger partial charge in [-0.15, -0.1) is 0 Å². The lowest BCUT2D eigenvalue weighted by Crippen LogP contribution is -2.48. The maximum atomic E-state index is 11.8. The summed E-state index contributed by atoms with van der Waals surface area (Å²) in [7, 11) is 0. The number of amides is 1. The third-order valence-electron chi connectivity index (χ3n) is 2.77. The Balaban J connectivity index is 2.31. The van der Waals surface area contributed by atoms with Crippen LogP contribution in [0.2, 0.25) is 0 Å². The van der Waals surface area contributed by atoms with Gasteiger partial charge in [0.25, 0.3) is 0 Å². The standard InChI is InChI=1S/C12H23NO2/c1-4-5-6-7-12(14)13-8-10(2)15-11(3)9-13/h10-11H,4-9H2,1-3H3/t10-,11+. The molecule has 0 unspecified atom stereocenters. The van der Waals surface area contributed by atoms with Crippen molar-refractivity contribution in [1.29, 1.82) is 0 Å². The molecule has 0 radical (unpaired) electrons. The van der Waals surface area contributed by atoms with Crippen molar-refractivity contribution in [3.63, 3.8) is 0 Å². The molecule has 88 valence electrons. The van der Waals surface area contributed by atoms with Crippen LogP contribution in [-0.4, -0.2) is 36.1 Å². The van der Waals surface area contributed by atoms with Gasteiger partial charge in [0.1, 0.15) is 0 Å². The van der Waals surface area contributed by atoms with E-state index in [1.807, 2.05) is 18.7 Å². The maximum absolute atomic E-state index is 11.8. The van der Waals surface area contributed by atoms with Gasteiger partial charge in [-0.05, 0) is 20.3 Å². The van der Waals surface area contributed by atoms with E-state index in [0.29, 0.717) is 12.3 Å². The molecule has 0 bridgehead atoms. The Morgan fingerprint density at radius 3 is 2.40 bits per heavy atom. The summed E-state index contributed by atoms with van der Waals surface area (Å²) < 4.78 is 5.60. The van der Waals surface area contributed by atoms with Crippen LogP contribution in [0.3, 0.4) is 0 Å². The average Bonchev–Trinajstić information content (AvgIpc) is 2.16. The van der Waals surface area contributed by atoms with Crippen LogP contribution in [0, 0.1) is 0 Å². The Hall–Kier alpha value is -0.570. The second kappa shape index (κ2) is 6.11. The van der Waals surface area contributed by atoms with Crippen LogP contribution >= 0.6 is 0 Å². The maximum Gasteiger partial charge on any atom is 0.222 e. The Morgan fingerprint density at radius 2 is 1.87 bits per heavy atom. The smallest absolute Gasteiger partial charge is 0.222 e. The summed E-state index contributed by atoms with van der Waals surface area (Å²) in [6, 6.07) is 0. The Labute approximate surface area is 92.8 Å². The highest BCUT2D eigenvalue weighted by Crippen LogP contribution is 2.13. The lowest BCUT2D eigenvalue weighted by molar-refractivity contribution is -0.143. The summed E-state index contributed by atoms with van der Waals surface area (Å²) in [4.78, 5) is 13.8. The van der Waals surface area contributed by atoms with Crippen LogP contribution in [0.1, 0.15) is 46.5 Å². The van der Waals surface area contributed by atoms with Crippen LogP contribution < -0.4 is 0 Å². The first-order valence-electron chi connectivity index (χ1n) is 6.06. The minimum atomic E-state index is 0.184. The van der Waals surface area contributed by atoms with Crippen LogP contribution in [0.25, 0.3) is 0 Å². The van der Waals surface area contributed by atoms with E-state index in [-0.39, 0.29) is 12.2 Å². The van der Waals surface area contributed by atoms with Gasteiger partial charge in [-0.3, -0.25) is 4.79 Å². The van der Waals surface area contributed by atoms with Gasteiger partial charge in [0.15, 0.2) is 0 Å². The highest BCUT2D eigenvalue weighted by molar-refractivity contribution is 5.76. The molecular formula is C12H23NO2. The van der Waals surface area contributed by atoms with E-state index in [1.54, 1.807) is 0 Å². The van der Waals surface area contributed by atoms with E-state index < -0.39 is 0 Å². The van der Waals surface area contributed by atoms with Gasteiger partial charge >= 0.3 is 0 Å². The zero-order chi connectivity index (χ0) is 11.3. The monoisotopic (exact) mass is 213 g/mol. The van der Waals surface area contributed by atoms with Gasteiger partial charge in [0, 0.05) is 19.5 Å². The van der Waals surface area contributed by atoms with E-state index in [9.17, 15) is 4.79 Å². The highest BCUT2D eigenvalue weighted by Gasteiger charge is 2.25. The molecule has 1 aliphatic heterocycles. The van der Waals surface area contributed by atoms with Crippen LogP contribution in [0.15, 0.2) is 0 Å². The predicted octanol–water partition coefficient (Wildman–Crippen LogP) is 2.20. The molecule has 0 N–H and O–H groups in total. The Kier molecular flexibility index (Phi) is 5.09. The molecule has 2 atom stereocenters. The van der Waals surface area contributed by atoms with Crippen LogP contribution in [-0.2, 0) is 9.53 Å². The van der Waals surface area contributed by atoms with E-state index in [2.05, 4.69) is 6.92 Å². The molecule has 1 saturated heterocycles. The molecule has 3 heteroatoms. The number of hydrogen-bond acceptors (Lipinski definition) is 2. The third-order valence-corrected chi connectivity index (χ3v) is 2.77. The van der Waals surface area contributed by atoms with Crippen molar-refractivity contribution in [1.82, 2.24) is 4.90 Å². The molecule has 0 aromatic rings. The first-order valence-corrected chi connectivity index (χ1v) is 6.06. The van der Waals surface area contributed by atoms with E-state index in [0.717, 1.165) is 25.9 Å². The topological polar surface area (TPSA) is 29.5 Å². The lowest BCUT2D eigenvalue weighted by Gasteiger charge is -2.35. The molecule has 0 aliphatic carbocycles. The summed E-state index contributed by atoms with van der Waals surface area (Å²) in [5.74, 6) is 0.297. The second-order valence-electron chi connectivity index (χ2n) is 4.51. The van der Waals surface area contributed by atoms with Crippen molar-refractivity contribution >= 4 is 5.91 Å². The largest absolute Gasteiger partial charge is 0.372 e. The second-order valence-corrected chi connectivity index (χ2v) is 4.51. The van der Waals surface area contributed by atoms with Crippen LogP contribution in [0.4, 0.5) is 0 Å². The van der Waals surface area contributed by atoms with Crippen molar-refractivity contribution in [2.45, 2.75) is 58.7 Å². The molecule has 1 rings (SSSR count). The Bertz CT molecular complexity index is 196. The number of carbonyl (C=O) groups excluding carboxylic acids is 1. The van der Waals surface area contributed by atoms with E-state index in [1.165, 1.54) is 6.42 Å². The lowest BCUT2D eigenvalue weighted by atomic mass is 10.1. The van der Waals surface area contributed by atoms with Gasteiger partial charge in [0.05, 0.1) is 12.2 Å². The van der Waals surface area contributed by atoms with E-state index in [4.69, 9.17) is 4.74 Å². The minimum Gasteiger partial charge on any atom is -0.372 e. The van der Waals surface area contributed by atoms with Crippen LogP contribution in [0.5, 0.6) is 0 Å². The summed E-state index contributed by atoms with van der Waals surface area (Å²) in [5.41, 5.74) is 0. The normalized spacial score (nSPS) is 26.7. The molecule has 0 aromatic heterocycles. The van der Waals surface area contributed by atoms with Crippen molar-refractivity contribution < 1.29 is 9.53 Å². The SMILES string of the molecule is CCCCCC(=O)N1C[C@@H](C)O[C@@H](C)C1. The first kappa shape index (κ1) is 12.5. The predicted molar refractivity (Wildman–Crippen MR) is 60.7 cm³/mol. The van der Waals surface area contributed by atoms with Gasteiger partial charge in [-0.2, -0.15) is 0 Å². The molecule has 1 aliphatic rings. The fourth-order valence-electron chi connectivity index (χ4n) is 2.07. The number of carbonyl (C=O) groups is 1. The first-order chi connectivity index (χ1) is 7.13. The Morgan fingerprint density at radius 1 is 1.27 bits per heavy atom. The number of nitrogens with zero attached hydrogens (tertiary/aromatic N) is 1. The molecule has 15 heavy (non-hydrogen) atoms. The summed E-state index contributed by atoms with van der Waals surface area (Å²) in [6.45, 7) is 7.73. The van der Waals surface area contributed by atoms with Crippen molar-refractivity contribution in [2.24, 2.45) is 0 Å². The van der Waals surface area contributed by atoms with Gasteiger partial charge < -0.3 is 9.64 Å². The number of morpholine rings is 1. The number of unbranched alkanes of at least 4 members (excludes halogenated alkanes) is 2. The van der Waals surface area contributed by atoms with Gasteiger partial charge in [0.2, 0.25) is 5.91 Å². The van der Waals surface area contributed by atoms with Gasteiger partial charge in [-0.1, -0.05) is 19.8 Å². The molecular weight excluding hydrogens is 190 g/mol. The van der Waals surface area contributed by atoms with Crippen molar-refractivity contribution in [3.8, 4) is 0 Å². The van der Waals surface area contributed by atoms with E-state index >= 15 is 0 Å². The molecule has 1 heterocycles. The molecule has 0 spiro atoms. The molecule has 1 amide bonds. The quantitative estimate of drug-likeness (QED) is 0.670. The summed E-state index contributed by atoms with van der Waals surface area (Å²) in [5, 5.41) is 0. The molecule has 0 aromatic carbocycles.